The molecular weight excluding hydrogens is 339 g/mol. The third-order valence-electron chi connectivity index (χ3n) is 4.95. The van der Waals surface area contributed by atoms with E-state index < -0.39 is 0 Å². The number of nitrogens with zero attached hydrogens (tertiary/aromatic N) is 2. The molecule has 4 rings (SSSR count). The molecule has 2 atom stereocenters. The molecule has 0 spiro atoms. The van der Waals surface area contributed by atoms with Crippen molar-refractivity contribution < 1.29 is 9.13 Å². The molecule has 0 saturated heterocycles. The van der Waals surface area contributed by atoms with Crippen LogP contribution in [0.2, 0.25) is 0 Å². The van der Waals surface area contributed by atoms with E-state index in [1.54, 1.807) is 19.2 Å². The van der Waals surface area contributed by atoms with E-state index in [2.05, 4.69) is 24.0 Å². The van der Waals surface area contributed by atoms with Gasteiger partial charge < -0.3 is 9.64 Å². The first-order chi connectivity index (χ1) is 13.2. The average molecular weight is 360 g/mol. The lowest BCUT2D eigenvalue weighted by atomic mass is 10.0. The molecule has 4 heteroatoms. The van der Waals surface area contributed by atoms with Crippen LogP contribution in [-0.2, 0) is 0 Å². The molecule has 2 unspecified atom stereocenters. The number of anilines is 1. The van der Waals surface area contributed by atoms with Gasteiger partial charge in [-0.05, 0) is 54.4 Å². The fraction of sp³-hybridized carbons (Fsp3) is 0.174. The zero-order chi connectivity index (χ0) is 18.8. The lowest BCUT2D eigenvalue weighted by Crippen LogP contribution is -2.35. The van der Waals surface area contributed by atoms with Crippen molar-refractivity contribution in [1.29, 1.82) is 0 Å². The molecule has 0 N–H and O–H groups in total. The summed E-state index contributed by atoms with van der Waals surface area (Å²) in [6, 6.07) is 24.9. The van der Waals surface area contributed by atoms with Gasteiger partial charge in [-0.15, -0.1) is 0 Å². The van der Waals surface area contributed by atoms with Crippen LogP contribution in [0.25, 0.3) is 0 Å². The summed E-state index contributed by atoms with van der Waals surface area (Å²) in [5, 5.41) is 0. The van der Waals surface area contributed by atoms with Crippen molar-refractivity contribution in [2.75, 3.05) is 12.0 Å². The van der Waals surface area contributed by atoms with E-state index in [1.165, 1.54) is 12.1 Å². The zero-order valence-electron chi connectivity index (χ0n) is 15.3. The van der Waals surface area contributed by atoms with Crippen molar-refractivity contribution in [3.8, 4) is 5.75 Å². The van der Waals surface area contributed by atoms with E-state index in [-0.39, 0.29) is 18.0 Å². The maximum atomic E-state index is 13.4. The van der Waals surface area contributed by atoms with Crippen LogP contribution in [0.5, 0.6) is 5.75 Å². The van der Waals surface area contributed by atoms with Crippen LogP contribution in [0.3, 0.4) is 0 Å². The molecular formula is C23H21FN2O. The van der Waals surface area contributed by atoms with Gasteiger partial charge >= 0.3 is 0 Å². The molecule has 27 heavy (non-hydrogen) atoms. The second kappa shape index (κ2) is 7.23. The van der Waals surface area contributed by atoms with Gasteiger partial charge in [0.2, 0.25) is 0 Å². The SMILES string of the molecule is COc1ccc(C2N=C(c3ccc(F)cc3)C(C)N2c2ccccc2)cc1. The minimum Gasteiger partial charge on any atom is -0.497 e. The number of para-hydroxylation sites is 1. The third-order valence-corrected chi connectivity index (χ3v) is 4.95. The van der Waals surface area contributed by atoms with Crippen molar-refractivity contribution in [2.45, 2.75) is 19.1 Å². The number of hydrogen-bond acceptors (Lipinski definition) is 3. The van der Waals surface area contributed by atoms with Crippen LogP contribution >= 0.6 is 0 Å². The fourth-order valence-electron chi connectivity index (χ4n) is 3.56. The van der Waals surface area contributed by atoms with Gasteiger partial charge in [0.1, 0.15) is 17.7 Å². The lowest BCUT2D eigenvalue weighted by Gasteiger charge is -2.30. The van der Waals surface area contributed by atoms with Gasteiger partial charge in [-0.25, -0.2) is 4.39 Å². The topological polar surface area (TPSA) is 24.8 Å². The average Bonchev–Trinajstić information content (AvgIpc) is 3.06. The number of methoxy groups -OCH3 is 1. The number of halogens is 1. The first-order valence-corrected chi connectivity index (χ1v) is 8.98. The third kappa shape index (κ3) is 3.31. The molecule has 0 saturated carbocycles. The minimum absolute atomic E-state index is 0.0602. The van der Waals surface area contributed by atoms with Gasteiger partial charge in [-0.1, -0.05) is 42.5 Å². The maximum Gasteiger partial charge on any atom is 0.148 e. The first kappa shape index (κ1) is 17.3. The molecule has 3 nitrogen and oxygen atoms in total. The molecule has 0 amide bonds. The summed E-state index contributed by atoms with van der Waals surface area (Å²) in [5.41, 5.74) is 4.09. The molecule has 0 fully saturated rings. The second-order valence-corrected chi connectivity index (χ2v) is 6.59. The number of benzene rings is 3. The van der Waals surface area contributed by atoms with E-state index in [4.69, 9.17) is 9.73 Å². The van der Waals surface area contributed by atoms with E-state index in [0.717, 1.165) is 28.3 Å². The molecule has 1 aliphatic heterocycles. The Morgan fingerprint density at radius 2 is 1.56 bits per heavy atom. The van der Waals surface area contributed by atoms with Crippen molar-refractivity contribution in [3.63, 3.8) is 0 Å². The Hall–Kier alpha value is -3.14. The summed E-state index contributed by atoms with van der Waals surface area (Å²) < 4.78 is 18.6. The zero-order valence-corrected chi connectivity index (χ0v) is 15.3. The number of ether oxygens (including phenoxy) is 1. The highest BCUT2D eigenvalue weighted by Gasteiger charge is 2.35. The van der Waals surface area contributed by atoms with E-state index in [9.17, 15) is 4.39 Å². The molecule has 0 aromatic heterocycles. The number of hydrogen-bond donors (Lipinski definition) is 0. The molecule has 1 heterocycles. The summed E-state index contributed by atoms with van der Waals surface area (Å²) >= 11 is 0. The Morgan fingerprint density at radius 3 is 2.19 bits per heavy atom. The van der Waals surface area contributed by atoms with Gasteiger partial charge in [0.15, 0.2) is 0 Å². The van der Waals surface area contributed by atoms with Crippen molar-refractivity contribution in [1.82, 2.24) is 0 Å². The van der Waals surface area contributed by atoms with Crippen LogP contribution < -0.4 is 9.64 Å². The number of aliphatic imine (C=N–C) groups is 1. The fourth-order valence-corrected chi connectivity index (χ4v) is 3.56. The largest absolute Gasteiger partial charge is 0.497 e. The summed E-state index contributed by atoms with van der Waals surface area (Å²) in [5.74, 6) is 0.579. The smallest absolute Gasteiger partial charge is 0.148 e. The molecule has 136 valence electrons. The van der Waals surface area contributed by atoms with Crippen molar-refractivity contribution in [3.05, 3.63) is 95.8 Å². The van der Waals surface area contributed by atoms with E-state index in [1.807, 2.05) is 42.5 Å². The summed E-state index contributed by atoms with van der Waals surface area (Å²) in [7, 11) is 1.66. The molecule has 1 aliphatic rings. The highest BCUT2D eigenvalue weighted by molar-refractivity contribution is 6.07. The standard InChI is InChI=1S/C23H21FN2O/c1-16-22(17-8-12-19(24)13-9-17)25-23(18-10-14-21(27-2)15-11-18)26(16)20-6-4-3-5-7-20/h3-16,23H,1-2H3. The Labute approximate surface area is 158 Å². The summed E-state index contributed by atoms with van der Waals surface area (Å²) in [6.45, 7) is 2.14. The van der Waals surface area contributed by atoms with E-state index in [0.29, 0.717) is 0 Å². The number of rotatable bonds is 4. The summed E-state index contributed by atoms with van der Waals surface area (Å²) in [6.07, 6.45) is -0.145. The predicted molar refractivity (Wildman–Crippen MR) is 107 cm³/mol. The van der Waals surface area contributed by atoms with Gasteiger partial charge in [0.25, 0.3) is 0 Å². The quantitative estimate of drug-likeness (QED) is 0.636. The molecule has 0 radical (unpaired) electrons. The summed E-state index contributed by atoms with van der Waals surface area (Å²) in [4.78, 5) is 7.32. The Kier molecular flexibility index (Phi) is 4.63. The Balaban J connectivity index is 1.78. The first-order valence-electron chi connectivity index (χ1n) is 8.98. The van der Waals surface area contributed by atoms with Gasteiger partial charge in [0, 0.05) is 5.69 Å². The van der Waals surface area contributed by atoms with Crippen LogP contribution in [0.15, 0.2) is 83.9 Å². The van der Waals surface area contributed by atoms with E-state index >= 15 is 0 Å². The van der Waals surface area contributed by atoms with Crippen LogP contribution in [0.1, 0.15) is 24.2 Å². The second-order valence-electron chi connectivity index (χ2n) is 6.59. The lowest BCUT2D eigenvalue weighted by molar-refractivity contribution is 0.414. The highest BCUT2D eigenvalue weighted by atomic mass is 19.1. The van der Waals surface area contributed by atoms with Crippen molar-refractivity contribution >= 4 is 11.4 Å². The molecule has 0 aliphatic carbocycles. The van der Waals surface area contributed by atoms with Gasteiger partial charge in [-0.3, -0.25) is 4.99 Å². The predicted octanol–water partition coefficient (Wildman–Crippen LogP) is 5.23. The van der Waals surface area contributed by atoms with Crippen LogP contribution in [-0.4, -0.2) is 18.9 Å². The van der Waals surface area contributed by atoms with Crippen LogP contribution in [0.4, 0.5) is 10.1 Å². The normalized spacial score (nSPS) is 19.1. The monoisotopic (exact) mass is 360 g/mol. The Bertz CT molecular complexity index is 936. The molecule has 3 aromatic rings. The van der Waals surface area contributed by atoms with Gasteiger partial charge in [0.05, 0.1) is 18.9 Å². The minimum atomic E-state index is -0.239. The highest BCUT2D eigenvalue weighted by Crippen LogP contribution is 2.37. The maximum absolute atomic E-state index is 13.4. The van der Waals surface area contributed by atoms with Crippen LogP contribution in [0, 0.1) is 5.82 Å². The van der Waals surface area contributed by atoms with Crippen molar-refractivity contribution in [2.24, 2.45) is 4.99 Å². The molecule has 3 aromatic carbocycles. The van der Waals surface area contributed by atoms with Gasteiger partial charge in [-0.2, -0.15) is 0 Å². The Morgan fingerprint density at radius 1 is 0.889 bits per heavy atom. The molecule has 0 bridgehead atoms.